The standard InChI is InChI=1S/C17H28FN3/c1-5-19-13(2)16-12-14(18)6-7-17(16)21-10-8-15(9-11-21)20(3)4/h6-7,12-13,15,19H,5,8-11H2,1-4H3. The van der Waals surface area contributed by atoms with Crippen molar-refractivity contribution in [1.29, 1.82) is 0 Å². The fourth-order valence-electron chi connectivity index (χ4n) is 3.20. The number of halogens is 1. The fourth-order valence-corrected chi connectivity index (χ4v) is 3.20. The molecule has 1 fully saturated rings. The number of piperidine rings is 1. The van der Waals surface area contributed by atoms with Gasteiger partial charge in [-0.2, -0.15) is 0 Å². The van der Waals surface area contributed by atoms with Crippen molar-refractivity contribution in [3.63, 3.8) is 0 Å². The molecular weight excluding hydrogens is 265 g/mol. The summed E-state index contributed by atoms with van der Waals surface area (Å²) in [5, 5.41) is 3.39. The summed E-state index contributed by atoms with van der Waals surface area (Å²) in [4.78, 5) is 4.72. The van der Waals surface area contributed by atoms with Crippen LogP contribution in [0.25, 0.3) is 0 Å². The molecule has 1 aliphatic heterocycles. The Hall–Kier alpha value is -1.13. The third-order valence-electron chi connectivity index (χ3n) is 4.50. The first-order valence-electron chi connectivity index (χ1n) is 7.97. The maximum absolute atomic E-state index is 13.6. The molecule has 0 amide bonds. The first kappa shape index (κ1) is 16.2. The van der Waals surface area contributed by atoms with Gasteiger partial charge in [0.15, 0.2) is 0 Å². The molecular formula is C17H28FN3. The highest BCUT2D eigenvalue weighted by Gasteiger charge is 2.23. The van der Waals surface area contributed by atoms with E-state index in [9.17, 15) is 4.39 Å². The van der Waals surface area contributed by atoms with Gasteiger partial charge in [-0.15, -0.1) is 0 Å². The van der Waals surface area contributed by atoms with Gasteiger partial charge in [0.25, 0.3) is 0 Å². The lowest BCUT2D eigenvalue weighted by atomic mass is 10.00. The molecule has 0 bridgehead atoms. The van der Waals surface area contributed by atoms with Crippen LogP contribution in [0.1, 0.15) is 38.3 Å². The van der Waals surface area contributed by atoms with Gasteiger partial charge in [-0.3, -0.25) is 0 Å². The van der Waals surface area contributed by atoms with Crippen LogP contribution in [-0.2, 0) is 0 Å². The van der Waals surface area contributed by atoms with E-state index in [2.05, 4.69) is 43.1 Å². The second-order valence-electron chi connectivity index (χ2n) is 6.16. The third kappa shape index (κ3) is 3.95. The highest BCUT2D eigenvalue weighted by Crippen LogP contribution is 2.30. The summed E-state index contributed by atoms with van der Waals surface area (Å²) in [6.45, 7) is 7.16. The van der Waals surface area contributed by atoms with E-state index in [1.807, 2.05) is 6.07 Å². The molecule has 3 nitrogen and oxygen atoms in total. The van der Waals surface area contributed by atoms with E-state index >= 15 is 0 Å². The molecule has 1 unspecified atom stereocenters. The van der Waals surface area contributed by atoms with Crippen molar-refractivity contribution in [2.75, 3.05) is 38.6 Å². The summed E-state index contributed by atoms with van der Waals surface area (Å²) in [5.74, 6) is -0.151. The van der Waals surface area contributed by atoms with Crippen molar-refractivity contribution in [3.8, 4) is 0 Å². The lowest BCUT2D eigenvalue weighted by molar-refractivity contribution is 0.249. The van der Waals surface area contributed by atoms with Crippen molar-refractivity contribution >= 4 is 5.69 Å². The van der Waals surface area contributed by atoms with Crippen LogP contribution in [0.15, 0.2) is 18.2 Å². The van der Waals surface area contributed by atoms with E-state index in [0.29, 0.717) is 6.04 Å². The highest BCUT2D eigenvalue weighted by atomic mass is 19.1. The van der Waals surface area contributed by atoms with Crippen LogP contribution in [0.4, 0.5) is 10.1 Å². The predicted octanol–water partition coefficient (Wildman–Crippen LogP) is 3.03. The SMILES string of the molecule is CCNC(C)c1cc(F)ccc1N1CCC(N(C)C)CC1. The number of nitrogens with zero attached hydrogens (tertiary/aromatic N) is 2. The average Bonchev–Trinajstić information content (AvgIpc) is 2.47. The lowest BCUT2D eigenvalue weighted by Crippen LogP contribution is -2.42. The number of anilines is 1. The summed E-state index contributed by atoms with van der Waals surface area (Å²) >= 11 is 0. The van der Waals surface area contributed by atoms with Crippen molar-refractivity contribution in [2.45, 2.75) is 38.8 Å². The topological polar surface area (TPSA) is 18.5 Å². The summed E-state index contributed by atoms with van der Waals surface area (Å²) in [6.07, 6.45) is 2.33. The number of benzene rings is 1. The number of nitrogens with one attached hydrogen (secondary N) is 1. The van der Waals surface area contributed by atoms with Gasteiger partial charge in [0.2, 0.25) is 0 Å². The minimum Gasteiger partial charge on any atom is -0.371 e. The largest absolute Gasteiger partial charge is 0.371 e. The number of hydrogen-bond donors (Lipinski definition) is 1. The zero-order valence-electron chi connectivity index (χ0n) is 13.7. The van der Waals surface area contributed by atoms with Gasteiger partial charge in [0.1, 0.15) is 5.82 Å². The van der Waals surface area contributed by atoms with Crippen LogP contribution in [0.2, 0.25) is 0 Å². The van der Waals surface area contributed by atoms with Gasteiger partial charge in [-0.25, -0.2) is 4.39 Å². The Balaban J connectivity index is 2.16. The summed E-state index contributed by atoms with van der Waals surface area (Å²) in [6, 6.07) is 6.04. The first-order chi connectivity index (χ1) is 10.0. The van der Waals surface area contributed by atoms with E-state index in [-0.39, 0.29) is 11.9 Å². The van der Waals surface area contributed by atoms with Crippen molar-refractivity contribution in [1.82, 2.24) is 10.2 Å². The van der Waals surface area contributed by atoms with Crippen LogP contribution in [0.3, 0.4) is 0 Å². The first-order valence-corrected chi connectivity index (χ1v) is 7.97. The molecule has 118 valence electrons. The Morgan fingerprint density at radius 1 is 1.33 bits per heavy atom. The molecule has 0 aromatic heterocycles. The predicted molar refractivity (Wildman–Crippen MR) is 87.4 cm³/mol. The van der Waals surface area contributed by atoms with Crippen LogP contribution >= 0.6 is 0 Å². The number of hydrogen-bond acceptors (Lipinski definition) is 3. The molecule has 1 aromatic rings. The summed E-state index contributed by atoms with van der Waals surface area (Å²) < 4.78 is 13.6. The molecule has 0 spiro atoms. The molecule has 4 heteroatoms. The van der Waals surface area contributed by atoms with Crippen molar-refractivity contribution in [2.24, 2.45) is 0 Å². The lowest BCUT2D eigenvalue weighted by Gasteiger charge is -2.38. The monoisotopic (exact) mass is 293 g/mol. The summed E-state index contributed by atoms with van der Waals surface area (Å²) in [7, 11) is 4.30. The molecule has 1 N–H and O–H groups in total. The molecule has 1 aromatic carbocycles. The van der Waals surface area contributed by atoms with Gasteiger partial charge in [0.05, 0.1) is 0 Å². The second-order valence-corrected chi connectivity index (χ2v) is 6.16. The minimum absolute atomic E-state index is 0.151. The number of rotatable bonds is 5. The molecule has 0 saturated carbocycles. The molecule has 1 saturated heterocycles. The van der Waals surface area contributed by atoms with Crippen LogP contribution in [0.5, 0.6) is 0 Å². The Labute approximate surface area is 128 Å². The fraction of sp³-hybridized carbons (Fsp3) is 0.647. The average molecular weight is 293 g/mol. The molecule has 1 atom stereocenters. The van der Waals surface area contributed by atoms with Crippen LogP contribution in [-0.4, -0.2) is 44.7 Å². The van der Waals surface area contributed by atoms with Gasteiger partial charge < -0.3 is 15.1 Å². The smallest absolute Gasteiger partial charge is 0.123 e. The van der Waals surface area contributed by atoms with Crippen LogP contribution in [0, 0.1) is 5.82 Å². The zero-order chi connectivity index (χ0) is 15.4. The van der Waals surface area contributed by atoms with Gasteiger partial charge in [0, 0.05) is 30.9 Å². The highest BCUT2D eigenvalue weighted by molar-refractivity contribution is 5.55. The molecule has 0 aliphatic carbocycles. The maximum Gasteiger partial charge on any atom is 0.123 e. The molecule has 0 radical (unpaired) electrons. The molecule has 1 heterocycles. The Bertz CT molecular complexity index is 453. The molecule has 2 rings (SSSR count). The van der Waals surface area contributed by atoms with Gasteiger partial charge in [-0.1, -0.05) is 6.92 Å². The van der Waals surface area contributed by atoms with E-state index in [1.54, 1.807) is 12.1 Å². The molecule has 21 heavy (non-hydrogen) atoms. The van der Waals surface area contributed by atoms with E-state index in [1.165, 1.54) is 18.5 Å². The van der Waals surface area contributed by atoms with Gasteiger partial charge in [-0.05, 0) is 64.2 Å². The molecule has 1 aliphatic rings. The third-order valence-corrected chi connectivity index (χ3v) is 4.50. The van der Waals surface area contributed by atoms with Crippen LogP contribution < -0.4 is 10.2 Å². The summed E-state index contributed by atoms with van der Waals surface area (Å²) in [5.41, 5.74) is 2.25. The minimum atomic E-state index is -0.151. The van der Waals surface area contributed by atoms with E-state index < -0.39 is 0 Å². The Morgan fingerprint density at radius 3 is 2.57 bits per heavy atom. The zero-order valence-corrected chi connectivity index (χ0v) is 13.7. The maximum atomic E-state index is 13.6. The van der Waals surface area contributed by atoms with E-state index in [0.717, 1.165) is 25.2 Å². The van der Waals surface area contributed by atoms with E-state index in [4.69, 9.17) is 0 Å². The van der Waals surface area contributed by atoms with Crippen molar-refractivity contribution in [3.05, 3.63) is 29.6 Å². The second kappa shape index (κ2) is 7.23. The Kier molecular flexibility index (Phi) is 5.59. The quantitative estimate of drug-likeness (QED) is 0.900. The normalized spacial score (nSPS) is 18.3. The van der Waals surface area contributed by atoms with Gasteiger partial charge >= 0.3 is 0 Å². The van der Waals surface area contributed by atoms with Crippen molar-refractivity contribution < 1.29 is 4.39 Å². The Morgan fingerprint density at radius 2 is 2.00 bits per heavy atom.